The zero-order valence-electron chi connectivity index (χ0n) is 6.09. The molecule has 1 rings (SSSR count). The molecule has 0 aromatic carbocycles. The predicted octanol–water partition coefficient (Wildman–Crippen LogP) is -0.902. The highest BCUT2D eigenvalue weighted by Gasteiger charge is 2.22. The molecule has 1 aliphatic carbocycles. The Morgan fingerprint density at radius 2 is 2.27 bits per heavy atom. The number of hydrogen-bond acceptors (Lipinski definition) is 2. The van der Waals surface area contributed by atoms with Crippen molar-refractivity contribution in [3.8, 4) is 0 Å². The van der Waals surface area contributed by atoms with Crippen LogP contribution in [0.5, 0.6) is 0 Å². The van der Waals surface area contributed by atoms with Crippen LogP contribution in [0.1, 0.15) is 12.8 Å². The largest absolute Gasteiger partial charge is 0.376 e. The lowest BCUT2D eigenvalue weighted by atomic mass is 10.5. The van der Waals surface area contributed by atoms with Crippen molar-refractivity contribution in [1.82, 2.24) is 10.6 Å². The van der Waals surface area contributed by atoms with Gasteiger partial charge in [-0.15, -0.1) is 0 Å². The number of carbonyl (C=O) groups excluding carboxylic acids is 1. The third kappa shape index (κ3) is 3.77. The number of thiocarbonyl (C=S) groups is 1. The quantitative estimate of drug-likeness (QED) is 0.484. The van der Waals surface area contributed by atoms with Gasteiger partial charge in [0.15, 0.2) is 5.11 Å². The van der Waals surface area contributed by atoms with Gasteiger partial charge in [-0.1, -0.05) is 0 Å². The summed E-state index contributed by atoms with van der Waals surface area (Å²) >= 11 is 4.53. The molecule has 4 nitrogen and oxygen atoms in total. The van der Waals surface area contributed by atoms with Gasteiger partial charge in [0.05, 0.1) is 6.54 Å². The SMILES string of the molecule is NC(=S)NCC(=O)NC1CC1. The van der Waals surface area contributed by atoms with Crippen molar-refractivity contribution < 1.29 is 4.79 Å². The Balaban J connectivity index is 2.04. The first-order valence-electron chi connectivity index (χ1n) is 3.51. The Labute approximate surface area is 70.5 Å². The van der Waals surface area contributed by atoms with Crippen LogP contribution in [0.3, 0.4) is 0 Å². The normalized spacial score (nSPS) is 15.6. The van der Waals surface area contributed by atoms with Gasteiger partial charge in [-0.2, -0.15) is 0 Å². The molecule has 0 saturated heterocycles. The first-order valence-corrected chi connectivity index (χ1v) is 3.92. The summed E-state index contributed by atoms with van der Waals surface area (Å²) in [6.45, 7) is 0.186. The highest BCUT2D eigenvalue weighted by Crippen LogP contribution is 2.17. The summed E-state index contributed by atoms with van der Waals surface area (Å²) in [4.78, 5) is 10.9. The predicted molar refractivity (Wildman–Crippen MR) is 46.0 cm³/mol. The van der Waals surface area contributed by atoms with Gasteiger partial charge in [-0.25, -0.2) is 0 Å². The lowest BCUT2D eigenvalue weighted by Gasteiger charge is -2.03. The van der Waals surface area contributed by atoms with Crippen LogP contribution in [0, 0.1) is 0 Å². The Morgan fingerprint density at radius 1 is 1.64 bits per heavy atom. The average molecular weight is 173 g/mol. The summed E-state index contributed by atoms with van der Waals surface area (Å²) in [6.07, 6.45) is 2.19. The fraction of sp³-hybridized carbons (Fsp3) is 0.667. The highest BCUT2D eigenvalue weighted by atomic mass is 32.1. The summed E-state index contributed by atoms with van der Waals surface area (Å²) in [5.74, 6) is -0.0414. The van der Waals surface area contributed by atoms with Crippen molar-refractivity contribution in [3.05, 3.63) is 0 Å². The molecule has 1 fully saturated rings. The van der Waals surface area contributed by atoms with Crippen molar-refractivity contribution >= 4 is 23.2 Å². The number of nitrogens with two attached hydrogens (primary N) is 1. The van der Waals surface area contributed by atoms with Crippen LogP contribution >= 0.6 is 12.2 Å². The van der Waals surface area contributed by atoms with Gasteiger partial charge in [-0.3, -0.25) is 4.79 Å². The number of amides is 1. The molecular formula is C6H11N3OS. The van der Waals surface area contributed by atoms with E-state index in [4.69, 9.17) is 5.73 Å². The minimum atomic E-state index is -0.0414. The van der Waals surface area contributed by atoms with E-state index in [-0.39, 0.29) is 17.6 Å². The van der Waals surface area contributed by atoms with Crippen molar-refractivity contribution in [2.45, 2.75) is 18.9 Å². The van der Waals surface area contributed by atoms with Gasteiger partial charge < -0.3 is 16.4 Å². The van der Waals surface area contributed by atoms with E-state index in [1.807, 2.05) is 0 Å². The number of nitrogens with one attached hydrogen (secondary N) is 2. The smallest absolute Gasteiger partial charge is 0.239 e. The Morgan fingerprint density at radius 3 is 2.73 bits per heavy atom. The maximum atomic E-state index is 10.9. The fourth-order valence-corrected chi connectivity index (χ4v) is 0.746. The highest BCUT2D eigenvalue weighted by molar-refractivity contribution is 7.80. The molecule has 0 unspecified atom stereocenters. The van der Waals surface area contributed by atoms with Gasteiger partial charge in [0.2, 0.25) is 5.91 Å². The summed E-state index contributed by atoms with van der Waals surface area (Å²) in [6, 6.07) is 0.399. The van der Waals surface area contributed by atoms with Gasteiger partial charge >= 0.3 is 0 Å². The van der Waals surface area contributed by atoms with E-state index in [1.165, 1.54) is 0 Å². The first kappa shape index (κ1) is 8.26. The monoisotopic (exact) mass is 173 g/mol. The van der Waals surface area contributed by atoms with Crippen molar-refractivity contribution in [1.29, 1.82) is 0 Å². The van der Waals surface area contributed by atoms with E-state index in [0.29, 0.717) is 6.04 Å². The van der Waals surface area contributed by atoms with Crippen LogP contribution < -0.4 is 16.4 Å². The lowest BCUT2D eigenvalue weighted by Crippen LogP contribution is -2.39. The maximum absolute atomic E-state index is 10.9. The van der Waals surface area contributed by atoms with E-state index >= 15 is 0 Å². The van der Waals surface area contributed by atoms with Gasteiger partial charge in [0.1, 0.15) is 0 Å². The number of hydrogen-bond donors (Lipinski definition) is 3. The summed E-state index contributed by atoms with van der Waals surface area (Å²) in [5, 5.41) is 5.53. The molecule has 0 aromatic rings. The third-order valence-electron chi connectivity index (χ3n) is 1.37. The maximum Gasteiger partial charge on any atom is 0.239 e. The fourth-order valence-electron chi connectivity index (χ4n) is 0.674. The molecule has 1 aliphatic rings. The molecule has 1 amide bonds. The van der Waals surface area contributed by atoms with Crippen molar-refractivity contribution in [2.75, 3.05) is 6.54 Å². The van der Waals surface area contributed by atoms with Crippen LogP contribution in [0.2, 0.25) is 0 Å². The molecule has 0 heterocycles. The average Bonchev–Trinajstić information content (AvgIpc) is 2.67. The van der Waals surface area contributed by atoms with E-state index in [0.717, 1.165) is 12.8 Å². The minimum Gasteiger partial charge on any atom is -0.376 e. The van der Waals surface area contributed by atoms with Gasteiger partial charge in [-0.05, 0) is 25.1 Å². The van der Waals surface area contributed by atoms with Crippen LogP contribution in [0.15, 0.2) is 0 Å². The standard InChI is InChI=1S/C6H11N3OS/c7-6(11)8-3-5(10)9-4-1-2-4/h4H,1-3H2,(H,9,10)(H3,7,8,11). The molecule has 0 radical (unpaired) electrons. The molecule has 0 aromatic heterocycles. The van der Waals surface area contributed by atoms with Crippen LogP contribution in [-0.2, 0) is 4.79 Å². The lowest BCUT2D eigenvalue weighted by molar-refractivity contribution is -0.120. The number of rotatable bonds is 3. The van der Waals surface area contributed by atoms with E-state index in [1.54, 1.807) is 0 Å². The molecule has 62 valence electrons. The molecule has 0 bridgehead atoms. The van der Waals surface area contributed by atoms with Crippen molar-refractivity contribution in [3.63, 3.8) is 0 Å². The van der Waals surface area contributed by atoms with Crippen LogP contribution in [0.4, 0.5) is 0 Å². The zero-order valence-corrected chi connectivity index (χ0v) is 6.91. The third-order valence-corrected chi connectivity index (χ3v) is 1.51. The van der Waals surface area contributed by atoms with E-state index < -0.39 is 0 Å². The molecule has 11 heavy (non-hydrogen) atoms. The molecule has 4 N–H and O–H groups in total. The summed E-state index contributed by atoms with van der Waals surface area (Å²) in [5.41, 5.74) is 5.13. The second-order valence-electron chi connectivity index (χ2n) is 2.56. The molecule has 0 atom stereocenters. The van der Waals surface area contributed by atoms with Crippen LogP contribution in [0.25, 0.3) is 0 Å². The molecule has 5 heteroatoms. The molecule has 0 spiro atoms. The Hall–Kier alpha value is -0.840. The Bertz CT molecular complexity index is 179. The van der Waals surface area contributed by atoms with Gasteiger partial charge in [0, 0.05) is 6.04 Å². The molecule has 1 saturated carbocycles. The van der Waals surface area contributed by atoms with Crippen LogP contribution in [-0.4, -0.2) is 23.6 Å². The van der Waals surface area contributed by atoms with E-state index in [2.05, 4.69) is 22.9 Å². The first-order chi connectivity index (χ1) is 5.18. The second kappa shape index (κ2) is 3.52. The second-order valence-corrected chi connectivity index (χ2v) is 3.00. The van der Waals surface area contributed by atoms with E-state index in [9.17, 15) is 4.79 Å². The topological polar surface area (TPSA) is 67.1 Å². The van der Waals surface area contributed by atoms with Gasteiger partial charge in [0.25, 0.3) is 0 Å². The van der Waals surface area contributed by atoms with Crippen molar-refractivity contribution in [2.24, 2.45) is 5.73 Å². The Kier molecular flexibility index (Phi) is 2.64. The molecular weight excluding hydrogens is 162 g/mol. The summed E-state index contributed by atoms with van der Waals surface area (Å²) < 4.78 is 0. The minimum absolute atomic E-state index is 0.0414. The zero-order chi connectivity index (χ0) is 8.27. The molecule has 0 aliphatic heterocycles. The number of carbonyl (C=O) groups is 1. The summed E-state index contributed by atoms with van der Waals surface area (Å²) in [7, 11) is 0.